The van der Waals surface area contributed by atoms with Gasteiger partial charge in [0.25, 0.3) is 5.91 Å². The maximum atomic E-state index is 12.8. The molecule has 0 aliphatic carbocycles. The monoisotopic (exact) mass is 417 g/mol. The Morgan fingerprint density at radius 3 is 2.24 bits per heavy atom. The van der Waals surface area contributed by atoms with Crippen molar-refractivity contribution in [3.8, 4) is 0 Å². The second-order valence-corrected chi connectivity index (χ2v) is 8.15. The Morgan fingerprint density at radius 2 is 1.66 bits per heavy atom. The number of hydrogen-bond donors (Lipinski definition) is 4. The Labute approximate surface area is 174 Å². The van der Waals surface area contributed by atoms with Crippen molar-refractivity contribution in [2.75, 3.05) is 10.6 Å². The number of halogens is 1. The second kappa shape index (κ2) is 9.43. The molecule has 0 heterocycles. The Morgan fingerprint density at radius 1 is 1.00 bits per heavy atom. The molecule has 8 heteroatoms. The van der Waals surface area contributed by atoms with Crippen LogP contribution < -0.4 is 16.0 Å². The average Bonchev–Trinajstić information content (AvgIpc) is 2.60. The first kappa shape index (κ1) is 22.2. The number of nitrogens with one attached hydrogen (secondary N) is 3. The van der Waals surface area contributed by atoms with Gasteiger partial charge in [0.05, 0.1) is 16.3 Å². The van der Waals surface area contributed by atoms with Crippen LogP contribution in [0.3, 0.4) is 0 Å². The zero-order valence-corrected chi connectivity index (χ0v) is 17.2. The summed E-state index contributed by atoms with van der Waals surface area (Å²) in [5.74, 6) is -1.06. The van der Waals surface area contributed by atoms with Gasteiger partial charge in [-0.15, -0.1) is 0 Å². The summed E-state index contributed by atoms with van der Waals surface area (Å²) in [6.45, 7) is 5.69. The van der Waals surface area contributed by atoms with Crippen molar-refractivity contribution in [1.82, 2.24) is 5.32 Å². The summed E-state index contributed by atoms with van der Waals surface area (Å²) < 4.78 is 0. The number of carboxylic acid groups (broad SMARTS) is 1. The Balaban J connectivity index is 2.27. The summed E-state index contributed by atoms with van der Waals surface area (Å²) in [4.78, 5) is 36.6. The molecule has 2 rings (SSSR count). The normalized spacial score (nSPS) is 12.0. The highest BCUT2D eigenvalue weighted by atomic mass is 35.5. The average molecular weight is 418 g/mol. The molecule has 0 saturated heterocycles. The van der Waals surface area contributed by atoms with Crippen molar-refractivity contribution in [3.05, 3.63) is 59.1 Å². The van der Waals surface area contributed by atoms with Crippen molar-refractivity contribution in [3.63, 3.8) is 0 Å². The van der Waals surface area contributed by atoms with E-state index in [2.05, 4.69) is 16.0 Å². The van der Waals surface area contributed by atoms with Crippen molar-refractivity contribution in [2.24, 2.45) is 5.41 Å². The van der Waals surface area contributed by atoms with Crippen LogP contribution in [0.1, 0.15) is 37.6 Å². The molecule has 0 fully saturated rings. The fraction of sp³-hybridized carbons (Fsp3) is 0.286. The minimum atomic E-state index is -1.30. The lowest BCUT2D eigenvalue weighted by molar-refractivity contribution is -0.118. The standard InChI is InChI=1S/C21H24ClN3O4/c1-21(2,3)12-16(25-20(28)29)18(26)24-15-11-7-10-14(22)17(15)19(27)23-13-8-5-4-6-9-13/h4-11,16,25H,12H2,1-3H3,(H,23,27)(H,24,26)(H,28,29)/t16-/m0/s1. The van der Waals surface area contributed by atoms with E-state index < -0.39 is 23.9 Å². The lowest BCUT2D eigenvalue weighted by Gasteiger charge is -2.25. The minimum Gasteiger partial charge on any atom is -0.465 e. The number of anilines is 2. The first-order valence-corrected chi connectivity index (χ1v) is 9.40. The number of carbonyl (C=O) groups is 3. The van der Waals surface area contributed by atoms with E-state index in [0.717, 1.165) is 0 Å². The second-order valence-electron chi connectivity index (χ2n) is 7.74. The summed E-state index contributed by atoms with van der Waals surface area (Å²) in [7, 11) is 0. The highest BCUT2D eigenvalue weighted by Crippen LogP contribution is 2.27. The predicted octanol–water partition coefficient (Wildman–Crippen LogP) is 4.60. The molecule has 154 valence electrons. The molecule has 4 N–H and O–H groups in total. The van der Waals surface area contributed by atoms with Crippen molar-refractivity contribution in [1.29, 1.82) is 0 Å². The summed E-state index contributed by atoms with van der Waals surface area (Å²) in [5.41, 5.74) is 0.567. The molecular weight excluding hydrogens is 394 g/mol. The van der Waals surface area contributed by atoms with E-state index in [0.29, 0.717) is 5.69 Å². The van der Waals surface area contributed by atoms with Gasteiger partial charge in [0.2, 0.25) is 5.91 Å². The number of benzene rings is 2. The van der Waals surface area contributed by atoms with Crippen LogP contribution in [0.15, 0.2) is 48.5 Å². The third kappa shape index (κ3) is 6.80. The summed E-state index contributed by atoms with van der Waals surface area (Å²) in [5, 5.41) is 16.8. The van der Waals surface area contributed by atoms with Crippen molar-refractivity contribution >= 4 is 40.9 Å². The van der Waals surface area contributed by atoms with Gasteiger partial charge in [-0.25, -0.2) is 4.79 Å². The van der Waals surface area contributed by atoms with E-state index in [1.54, 1.807) is 42.5 Å². The van der Waals surface area contributed by atoms with E-state index in [4.69, 9.17) is 16.7 Å². The van der Waals surface area contributed by atoms with Crippen molar-refractivity contribution in [2.45, 2.75) is 33.2 Å². The van der Waals surface area contributed by atoms with E-state index in [1.807, 2.05) is 26.8 Å². The SMILES string of the molecule is CC(C)(C)C[C@H](NC(=O)O)C(=O)Nc1cccc(Cl)c1C(=O)Nc1ccccc1. The van der Waals surface area contributed by atoms with Crippen molar-refractivity contribution < 1.29 is 19.5 Å². The predicted molar refractivity (Wildman–Crippen MR) is 113 cm³/mol. The highest BCUT2D eigenvalue weighted by Gasteiger charge is 2.28. The van der Waals surface area contributed by atoms with Crippen LogP contribution in [0.25, 0.3) is 0 Å². The third-order valence-electron chi connectivity index (χ3n) is 3.96. The van der Waals surface area contributed by atoms with Gasteiger partial charge in [0.15, 0.2) is 0 Å². The molecular formula is C21H24ClN3O4. The quantitative estimate of drug-likeness (QED) is 0.550. The van der Waals surface area contributed by atoms with Gasteiger partial charge in [-0.05, 0) is 36.1 Å². The van der Waals surface area contributed by atoms with E-state index in [1.165, 1.54) is 0 Å². The van der Waals surface area contributed by atoms with Gasteiger partial charge in [0.1, 0.15) is 6.04 Å². The van der Waals surface area contributed by atoms with Gasteiger partial charge < -0.3 is 21.1 Å². The largest absolute Gasteiger partial charge is 0.465 e. The molecule has 29 heavy (non-hydrogen) atoms. The molecule has 2 aromatic rings. The smallest absolute Gasteiger partial charge is 0.405 e. The van der Waals surface area contributed by atoms with Crippen LogP contribution in [0, 0.1) is 5.41 Å². The van der Waals surface area contributed by atoms with Crippen LogP contribution in [0.4, 0.5) is 16.2 Å². The number of amides is 3. The Hall–Kier alpha value is -3.06. The van der Waals surface area contributed by atoms with E-state index >= 15 is 0 Å². The topological polar surface area (TPSA) is 108 Å². The lowest BCUT2D eigenvalue weighted by atomic mass is 9.87. The number of para-hydroxylation sites is 1. The molecule has 0 aromatic heterocycles. The Kier molecular flexibility index (Phi) is 7.23. The molecule has 0 spiro atoms. The molecule has 0 aliphatic rings. The summed E-state index contributed by atoms with van der Waals surface area (Å²) in [6.07, 6.45) is -1.03. The minimum absolute atomic E-state index is 0.0937. The van der Waals surface area contributed by atoms with E-state index in [9.17, 15) is 14.4 Å². The van der Waals surface area contributed by atoms with E-state index in [-0.39, 0.29) is 28.1 Å². The fourth-order valence-corrected chi connectivity index (χ4v) is 3.03. The maximum absolute atomic E-state index is 12.8. The van der Waals surface area contributed by atoms with Crippen LogP contribution in [-0.2, 0) is 4.79 Å². The third-order valence-corrected chi connectivity index (χ3v) is 4.28. The van der Waals surface area contributed by atoms with Gasteiger partial charge in [-0.2, -0.15) is 0 Å². The van der Waals surface area contributed by atoms with Gasteiger partial charge in [0, 0.05) is 5.69 Å². The molecule has 1 atom stereocenters. The molecule has 2 aromatic carbocycles. The Bertz CT molecular complexity index is 895. The number of carbonyl (C=O) groups excluding carboxylic acids is 2. The number of rotatable bonds is 6. The van der Waals surface area contributed by atoms with Gasteiger partial charge in [-0.1, -0.05) is 56.6 Å². The summed E-state index contributed by atoms with van der Waals surface area (Å²) in [6, 6.07) is 12.5. The molecule has 0 aliphatic heterocycles. The van der Waals surface area contributed by atoms with Gasteiger partial charge >= 0.3 is 6.09 Å². The number of hydrogen-bond acceptors (Lipinski definition) is 3. The zero-order chi connectivity index (χ0) is 21.6. The van der Waals surface area contributed by atoms with Crippen LogP contribution in [0.2, 0.25) is 5.02 Å². The molecule has 0 unspecified atom stereocenters. The molecule has 7 nitrogen and oxygen atoms in total. The lowest BCUT2D eigenvalue weighted by Crippen LogP contribution is -2.45. The van der Waals surface area contributed by atoms with Crippen LogP contribution >= 0.6 is 11.6 Å². The van der Waals surface area contributed by atoms with Gasteiger partial charge in [-0.3, -0.25) is 9.59 Å². The molecule has 3 amide bonds. The zero-order valence-electron chi connectivity index (χ0n) is 16.5. The maximum Gasteiger partial charge on any atom is 0.405 e. The molecule has 0 saturated carbocycles. The first-order chi connectivity index (χ1) is 13.6. The fourth-order valence-electron chi connectivity index (χ4n) is 2.76. The molecule has 0 radical (unpaired) electrons. The van der Waals surface area contributed by atoms with Crippen LogP contribution in [-0.4, -0.2) is 29.1 Å². The van der Waals surface area contributed by atoms with Crippen LogP contribution in [0.5, 0.6) is 0 Å². The summed E-state index contributed by atoms with van der Waals surface area (Å²) >= 11 is 6.22. The first-order valence-electron chi connectivity index (χ1n) is 9.02. The molecule has 0 bridgehead atoms. The highest BCUT2D eigenvalue weighted by molar-refractivity contribution is 6.35.